The fourth-order valence-electron chi connectivity index (χ4n) is 3.51. The Morgan fingerprint density at radius 3 is 2.23 bits per heavy atom. The molecule has 2 heterocycles. The largest absolute Gasteiger partial charge is 0.462 e. The van der Waals surface area contributed by atoms with E-state index in [2.05, 4.69) is 5.32 Å². The van der Waals surface area contributed by atoms with Gasteiger partial charge in [0.05, 0.1) is 17.7 Å². The number of esters is 1. The lowest BCUT2D eigenvalue weighted by Crippen LogP contribution is -2.44. The minimum Gasteiger partial charge on any atom is -0.462 e. The van der Waals surface area contributed by atoms with Crippen LogP contribution in [-0.4, -0.2) is 64.8 Å². The average molecular weight is 415 g/mol. The van der Waals surface area contributed by atoms with Crippen molar-refractivity contribution in [1.29, 1.82) is 0 Å². The van der Waals surface area contributed by atoms with E-state index in [4.69, 9.17) is 4.74 Å². The van der Waals surface area contributed by atoms with Crippen molar-refractivity contribution in [3.05, 3.63) is 35.4 Å². The van der Waals surface area contributed by atoms with Gasteiger partial charge in [-0.05, 0) is 37.8 Å². The predicted octanol–water partition coefficient (Wildman–Crippen LogP) is 1.57. The van der Waals surface area contributed by atoms with Crippen molar-refractivity contribution >= 4 is 29.7 Å². The van der Waals surface area contributed by atoms with Crippen LogP contribution in [-0.2, 0) is 14.3 Å². The number of ether oxygens (including phenoxy) is 1. The van der Waals surface area contributed by atoms with Crippen LogP contribution in [0.5, 0.6) is 0 Å². The summed E-state index contributed by atoms with van der Waals surface area (Å²) < 4.78 is 5.07. The zero-order valence-corrected chi connectivity index (χ0v) is 17.3. The maximum atomic E-state index is 12.6. The molecule has 0 radical (unpaired) electrons. The number of urea groups is 1. The molecule has 0 spiro atoms. The topological polar surface area (TPSA) is 113 Å². The summed E-state index contributed by atoms with van der Waals surface area (Å²) in [7, 11) is 0. The predicted molar refractivity (Wildman–Crippen MR) is 105 cm³/mol. The molecule has 3 rings (SSSR count). The first-order chi connectivity index (χ1) is 14.1. The van der Waals surface area contributed by atoms with Gasteiger partial charge in [-0.3, -0.25) is 29.0 Å². The Morgan fingerprint density at radius 1 is 1.07 bits per heavy atom. The third-order valence-corrected chi connectivity index (χ3v) is 5.31. The van der Waals surface area contributed by atoms with Crippen LogP contribution in [0.4, 0.5) is 4.79 Å². The number of rotatable bonds is 8. The Kier molecular flexibility index (Phi) is 5.91. The number of nitrogens with zero attached hydrogens (tertiary/aromatic N) is 2. The molecule has 9 heteroatoms. The summed E-state index contributed by atoms with van der Waals surface area (Å²) in [6, 6.07) is 5.83. The highest BCUT2D eigenvalue weighted by Gasteiger charge is 2.48. The maximum absolute atomic E-state index is 12.6. The van der Waals surface area contributed by atoms with Crippen molar-refractivity contribution in [2.45, 2.75) is 39.2 Å². The third kappa shape index (κ3) is 4.05. The second kappa shape index (κ2) is 8.25. The van der Waals surface area contributed by atoms with Gasteiger partial charge < -0.3 is 10.1 Å². The number of nitrogens with one attached hydrogen (secondary N) is 1. The van der Waals surface area contributed by atoms with Crippen LogP contribution < -0.4 is 5.32 Å². The summed E-state index contributed by atoms with van der Waals surface area (Å²) in [6.45, 7) is 4.83. The minimum absolute atomic E-state index is 0.107. The molecule has 0 aromatic heterocycles. The first kappa shape index (κ1) is 21.5. The standard InChI is InChI=1S/C21H25N3O6/c1-13(2)8-9-21(3)19(28)24(20(29)22-21)12-16(25)30-11-10-23-17(26)14-6-4-5-7-15(14)18(23)27/h4-7,13H,8-12H2,1-3H3,(H,22,29)/t21-/m1/s1. The summed E-state index contributed by atoms with van der Waals surface area (Å²) in [4.78, 5) is 63.3. The van der Waals surface area contributed by atoms with Crippen molar-refractivity contribution < 1.29 is 28.7 Å². The number of benzene rings is 1. The lowest BCUT2D eigenvalue weighted by Gasteiger charge is -2.22. The Balaban J connectivity index is 1.51. The molecule has 2 aliphatic rings. The van der Waals surface area contributed by atoms with E-state index in [0.717, 1.165) is 16.2 Å². The normalized spacial score (nSPS) is 20.8. The van der Waals surface area contributed by atoms with Gasteiger partial charge in [0.1, 0.15) is 18.7 Å². The first-order valence-corrected chi connectivity index (χ1v) is 9.89. The van der Waals surface area contributed by atoms with Gasteiger partial charge in [0.25, 0.3) is 17.7 Å². The molecule has 9 nitrogen and oxygen atoms in total. The van der Waals surface area contributed by atoms with Crippen LogP contribution in [0.3, 0.4) is 0 Å². The van der Waals surface area contributed by atoms with Gasteiger partial charge in [0, 0.05) is 0 Å². The minimum atomic E-state index is -1.04. The number of hydrogen-bond acceptors (Lipinski definition) is 6. The molecule has 5 amide bonds. The lowest BCUT2D eigenvalue weighted by atomic mass is 9.92. The third-order valence-electron chi connectivity index (χ3n) is 5.31. The van der Waals surface area contributed by atoms with E-state index >= 15 is 0 Å². The Hall–Kier alpha value is -3.23. The molecule has 1 saturated heterocycles. The molecule has 1 atom stereocenters. The van der Waals surface area contributed by atoms with Crippen LogP contribution >= 0.6 is 0 Å². The summed E-state index contributed by atoms with van der Waals surface area (Å²) in [5.74, 6) is -1.77. The zero-order chi connectivity index (χ0) is 22.1. The van der Waals surface area contributed by atoms with Gasteiger partial charge in [0.2, 0.25) is 0 Å². The van der Waals surface area contributed by atoms with Gasteiger partial charge in [-0.15, -0.1) is 0 Å². The molecular formula is C21H25N3O6. The molecule has 0 aliphatic carbocycles. The second-order valence-corrected chi connectivity index (χ2v) is 8.11. The maximum Gasteiger partial charge on any atom is 0.326 e. The molecule has 160 valence electrons. The van der Waals surface area contributed by atoms with E-state index in [9.17, 15) is 24.0 Å². The average Bonchev–Trinajstić information content (AvgIpc) is 3.07. The number of fused-ring (bicyclic) bond motifs is 1. The fraction of sp³-hybridized carbons (Fsp3) is 0.476. The summed E-state index contributed by atoms with van der Waals surface area (Å²) in [5, 5.41) is 2.65. The molecule has 2 aliphatic heterocycles. The first-order valence-electron chi connectivity index (χ1n) is 9.89. The molecule has 1 fully saturated rings. The molecule has 0 unspecified atom stereocenters. The van der Waals surface area contributed by atoms with Crippen molar-refractivity contribution in [2.24, 2.45) is 5.92 Å². The van der Waals surface area contributed by atoms with E-state index in [-0.39, 0.29) is 13.2 Å². The van der Waals surface area contributed by atoms with Gasteiger partial charge in [-0.25, -0.2) is 4.79 Å². The number of carbonyl (C=O) groups is 5. The molecule has 1 N–H and O–H groups in total. The Bertz CT molecular complexity index is 877. The van der Waals surface area contributed by atoms with Gasteiger partial charge in [-0.2, -0.15) is 0 Å². The molecule has 1 aromatic carbocycles. The van der Waals surface area contributed by atoms with Gasteiger partial charge in [0.15, 0.2) is 0 Å². The van der Waals surface area contributed by atoms with E-state index in [0.29, 0.717) is 23.5 Å². The molecular weight excluding hydrogens is 390 g/mol. The van der Waals surface area contributed by atoms with Crippen molar-refractivity contribution in [1.82, 2.24) is 15.1 Å². The van der Waals surface area contributed by atoms with Crippen molar-refractivity contribution in [3.63, 3.8) is 0 Å². The Morgan fingerprint density at radius 2 is 1.67 bits per heavy atom. The highest BCUT2D eigenvalue weighted by atomic mass is 16.5. The van der Waals surface area contributed by atoms with E-state index < -0.39 is 41.8 Å². The number of carbonyl (C=O) groups excluding carboxylic acids is 5. The highest BCUT2D eigenvalue weighted by Crippen LogP contribution is 2.25. The van der Waals surface area contributed by atoms with Crippen LogP contribution in [0.25, 0.3) is 0 Å². The van der Waals surface area contributed by atoms with E-state index in [1.54, 1.807) is 31.2 Å². The van der Waals surface area contributed by atoms with Crippen LogP contribution in [0, 0.1) is 5.92 Å². The van der Waals surface area contributed by atoms with Gasteiger partial charge in [-0.1, -0.05) is 26.0 Å². The van der Waals surface area contributed by atoms with Crippen molar-refractivity contribution in [3.8, 4) is 0 Å². The quantitative estimate of drug-likeness (QED) is 0.392. The second-order valence-electron chi connectivity index (χ2n) is 8.11. The smallest absolute Gasteiger partial charge is 0.326 e. The Labute approximate surface area is 174 Å². The van der Waals surface area contributed by atoms with Crippen LogP contribution in [0.1, 0.15) is 54.3 Å². The molecule has 30 heavy (non-hydrogen) atoms. The van der Waals surface area contributed by atoms with Crippen LogP contribution in [0.2, 0.25) is 0 Å². The monoisotopic (exact) mass is 415 g/mol. The van der Waals surface area contributed by atoms with E-state index in [1.165, 1.54) is 0 Å². The van der Waals surface area contributed by atoms with Crippen molar-refractivity contribution in [2.75, 3.05) is 19.7 Å². The summed E-state index contributed by atoms with van der Waals surface area (Å²) >= 11 is 0. The summed E-state index contributed by atoms with van der Waals surface area (Å²) in [5.41, 5.74) is -0.412. The zero-order valence-electron chi connectivity index (χ0n) is 17.3. The number of amides is 5. The molecule has 1 aromatic rings. The highest BCUT2D eigenvalue weighted by molar-refractivity contribution is 6.21. The van der Waals surface area contributed by atoms with E-state index in [1.807, 2.05) is 13.8 Å². The lowest BCUT2D eigenvalue weighted by molar-refractivity contribution is -0.147. The fourth-order valence-corrected chi connectivity index (χ4v) is 3.51. The number of imide groups is 2. The number of hydrogen-bond donors (Lipinski definition) is 1. The molecule has 0 bridgehead atoms. The van der Waals surface area contributed by atoms with Crippen LogP contribution in [0.15, 0.2) is 24.3 Å². The summed E-state index contributed by atoms with van der Waals surface area (Å²) in [6.07, 6.45) is 1.22. The molecule has 0 saturated carbocycles. The SMILES string of the molecule is CC(C)CC[C@@]1(C)NC(=O)N(CC(=O)OCCN2C(=O)c3ccccc3C2=O)C1=O. The van der Waals surface area contributed by atoms with Gasteiger partial charge >= 0.3 is 12.0 Å².